The van der Waals surface area contributed by atoms with Gasteiger partial charge in [0.25, 0.3) is 0 Å². The first-order chi connectivity index (χ1) is 11.3. The zero-order valence-corrected chi connectivity index (χ0v) is 13.1. The molecule has 0 aliphatic heterocycles. The first kappa shape index (κ1) is 14.4. The number of hydrogen-bond acceptors (Lipinski definition) is 4. The van der Waals surface area contributed by atoms with Crippen molar-refractivity contribution >= 4 is 5.91 Å². The van der Waals surface area contributed by atoms with Crippen LogP contribution in [0.3, 0.4) is 0 Å². The molecule has 1 aromatic heterocycles. The SMILES string of the molecule is O=C(Cc1noc(C2(c3ccccc3)CC2)n1)NC1CCCC1. The van der Waals surface area contributed by atoms with Crippen LogP contribution in [-0.2, 0) is 16.6 Å². The quantitative estimate of drug-likeness (QED) is 0.922. The van der Waals surface area contributed by atoms with Crippen molar-refractivity contribution < 1.29 is 9.32 Å². The molecule has 23 heavy (non-hydrogen) atoms. The number of rotatable bonds is 5. The van der Waals surface area contributed by atoms with Crippen molar-refractivity contribution in [2.24, 2.45) is 0 Å². The molecule has 120 valence electrons. The molecule has 0 bridgehead atoms. The lowest BCUT2D eigenvalue weighted by atomic mass is 9.96. The average molecular weight is 311 g/mol. The molecule has 1 aromatic carbocycles. The van der Waals surface area contributed by atoms with E-state index in [1.165, 1.54) is 18.4 Å². The summed E-state index contributed by atoms with van der Waals surface area (Å²) in [6.45, 7) is 0. The Bertz CT molecular complexity index is 685. The van der Waals surface area contributed by atoms with E-state index in [4.69, 9.17) is 4.52 Å². The van der Waals surface area contributed by atoms with E-state index in [0.29, 0.717) is 17.8 Å². The minimum atomic E-state index is -0.131. The van der Waals surface area contributed by atoms with Crippen LogP contribution in [-0.4, -0.2) is 22.1 Å². The van der Waals surface area contributed by atoms with E-state index in [1.54, 1.807) is 0 Å². The highest BCUT2D eigenvalue weighted by Crippen LogP contribution is 2.52. The molecule has 2 aliphatic rings. The molecule has 0 saturated heterocycles. The molecule has 2 fully saturated rings. The molecule has 2 aromatic rings. The summed E-state index contributed by atoms with van der Waals surface area (Å²) in [6, 6.07) is 10.6. The average Bonchev–Trinajstić information content (AvgIpc) is 2.97. The Morgan fingerprint density at radius 2 is 1.96 bits per heavy atom. The molecular weight excluding hydrogens is 290 g/mol. The second-order valence-corrected chi connectivity index (χ2v) is 6.69. The topological polar surface area (TPSA) is 68.0 Å². The number of nitrogens with zero attached hydrogens (tertiary/aromatic N) is 2. The summed E-state index contributed by atoms with van der Waals surface area (Å²) >= 11 is 0. The lowest BCUT2D eigenvalue weighted by Crippen LogP contribution is -2.33. The van der Waals surface area contributed by atoms with E-state index in [9.17, 15) is 4.79 Å². The Labute approximate surface area is 135 Å². The van der Waals surface area contributed by atoms with Gasteiger partial charge in [0.2, 0.25) is 11.8 Å². The number of benzene rings is 1. The van der Waals surface area contributed by atoms with Gasteiger partial charge in [-0.25, -0.2) is 0 Å². The zero-order chi connectivity index (χ0) is 15.7. The first-order valence-electron chi connectivity index (χ1n) is 8.44. The molecule has 0 atom stereocenters. The Balaban J connectivity index is 1.44. The number of carbonyl (C=O) groups excluding carboxylic acids is 1. The van der Waals surface area contributed by atoms with Crippen molar-refractivity contribution in [2.75, 3.05) is 0 Å². The molecule has 0 radical (unpaired) electrons. The van der Waals surface area contributed by atoms with Gasteiger partial charge in [0, 0.05) is 6.04 Å². The van der Waals surface area contributed by atoms with Crippen LogP contribution in [0.4, 0.5) is 0 Å². The predicted molar refractivity (Wildman–Crippen MR) is 84.9 cm³/mol. The number of nitrogens with one attached hydrogen (secondary N) is 1. The van der Waals surface area contributed by atoms with E-state index >= 15 is 0 Å². The molecule has 2 aliphatic carbocycles. The molecule has 2 saturated carbocycles. The van der Waals surface area contributed by atoms with E-state index in [2.05, 4.69) is 27.6 Å². The molecule has 4 rings (SSSR count). The lowest BCUT2D eigenvalue weighted by Gasteiger charge is -2.10. The van der Waals surface area contributed by atoms with Crippen molar-refractivity contribution in [3.05, 3.63) is 47.6 Å². The maximum absolute atomic E-state index is 12.1. The summed E-state index contributed by atoms with van der Waals surface area (Å²) in [5, 5.41) is 7.08. The zero-order valence-electron chi connectivity index (χ0n) is 13.1. The van der Waals surface area contributed by atoms with Gasteiger partial charge in [-0.15, -0.1) is 0 Å². The number of amides is 1. The smallest absolute Gasteiger partial charge is 0.237 e. The van der Waals surface area contributed by atoms with Crippen LogP contribution in [0, 0.1) is 0 Å². The van der Waals surface area contributed by atoms with Gasteiger partial charge in [-0.05, 0) is 31.2 Å². The Hall–Kier alpha value is -2.17. The fourth-order valence-corrected chi connectivity index (χ4v) is 3.52. The van der Waals surface area contributed by atoms with Crippen molar-refractivity contribution in [2.45, 2.75) is 56.4 Å². The van der Waals surface area contributed by atoms with E-state index in [-0.39, 0.29) is 17.7 Å². The number of aromatic nitrogens is 2. The van der Waals surface area contributed by atoms with Crippen molar-refractivity contribution in [1.82, 2.24) is 15.5 Å². The summed E-state index contributed by atoms with van der Waals surface area (Å²) < 4.78 is 5.48. The number of hydrogen-bond donors (Lipinski definition) is 1. The third-order valence-corrected chi connectivity index (χ3v) is 4.99. The molecule has 5 nitrogen and oxygen atoms in total. The fourth-order valence-electron chi connectivity index (χ4n) is 3.52. The van der Waals surface area contributed by atoms with Crippen LogP contribution in [0.15, 0.2) is 34.9 Å². The Morgan fingerprint density at radius 3 is 2.65 bits per heavy atom. The van der Waals surface area contributed by atoms with Crippen LogP contribution in [0.2, 0.25) is 0 Å². The third-order valence-electron chi connectivity index (χ3n) is 4.99. The summed E-state index contributed by atoms with van der Waals surface area (Å²) in [7, 11) is 0. The summed E-state index contributed by atoms with van der Waals surface area (Å²) in [6.07, 6.45) is 6.82. The highest BCUT2D eigenvalue weighted by molar-refractivity contribution is 5.78. The van der Waals surface area contributed by atoms with Gasteiger partial charge < -0.3 is 9.84 Å². The van der Waals surface area contributed by atoms with E-state index in [0.717, 1.165) is 25.7 Å². The van der Waals surface area contributed by atoms with Gasteiger partial charge in [0.15, 0.2) is 5.82 Å². The van der Waals surface area contributed by atoms with Crippen molar-refractivity contribution in [3.8, 4) is 0 Å². The summed E-state index contributed by atoms with van der Waals surface area (Å²) in [5.74, 6) is 1.12. The minimum absolute atomic E-state index is 0.00573. The lowest BCUT2D eigenvalue weighted by molar-refractivity contribution is -0.121. The molecular formula is C18H21N3O2. The van der Waals surface area contributed by atoms with Gasteiger partial charge in [-0.2, -0.15) is 4.98 Å². The van der Waals surface area contributed by atoms with Gasteiger partial charge in [0.05, 0.1) is 11.8 Å². The molecule has 0 unspecified atom stereocenters. The number of carbonyl (C=O) groups is 1. The van der Waals surface area contributed by atoms with Crippen LogP contribution < -0.4 is 5.32 Å². The third kappa shape index (κ3) is 2.87. The molecule has 1 N–H and O–H groups in total. The normalized spacial score (nSPS) is 19.7. The molecule has 0 spiro atoms. The second-order valence-electron chi connectivity index (χ2n) is 6.69. The van der Waals surface area contributed by atoms with Crippen molar-refractivity contribution in [3.63, 3.8) is 0 Å². The van der Waals surface area contributed by atoms with E-state index in [1.807, 2.05) is 18.2 Å². The largest absolute Gasteiger partial charge is 0.353 e. The Morgan fingerprint density at radius 1 is 1.22 bits per heavy atom. The van der Waals surface area contributed by atoms with Crippen LogP contribution in [0.5, 0.6) is 0 Å². The fraction of sp³-hybridized carbons (Fsp3) is 0.500. The molecule has 1 amide bonds. The molecule has 1 heterocycles. The van der Waals surface area contributed by atoms with Gasteiger partial charge in [-0.1, -0.05) is 48.3 Å². The van der Waals surface area contributed by atoms with Crippen LogP contribution in [0.25, 0.3) is 0 Å². The highest BCUT2D eigenvalue weighted by atomic mass is 16.5. The van der Waals surface area contributed by atoms with Crippen LogP contribution >= 0.6 is 0 Å². The standard InChI is InChI=1S/C18H21N3O2/c22-16(19-14-8-4-5-9-14)12-15-20-17(23-21-15)18(10-11-18)13-6-2-1-3-7-13/h1-3,6-7,14H,4-5,8-12H2,(H,19,22). The van der Waals surface area contributed by atoms with Gasteiger partial charge in [-0.3, -0.25) is 4.79 Å². The second kappa shape index (κ2) is 5.80. The molecule has 5 heteroatoms. The van der Waals surface area contributed by atoms with Gasteiger partial charge >= 0.3 is 0 Å². The van der Waals surface area contributed by atoms with Crippen molar-refractivity contribution in [1.29, 1.82) is 0 Å². The minimum Gasteiger partial charge on any atom is -0.353 e. The predicted octanol–water partition coefficient (Wildman–Crippen LogP) is 2.75. The maximum atomic E-state index is 12.1. The summed E-state index contributed by atoms with van der Waals surface area (Å²) in [5.41, 5.74) is 1.08. The highest BCUT2D eigenvalue weighted by Gasteiger charge is 2.50. The van der Waals surface area contributed by atoms with Crippen LogP contribution in [0.1, 0.15) is 55.8 Å². The monoisotopic (exact) mass is 311 g/mol. The van der Waals surface area contributed by atoms with E-state index < -0.39 is 0 Å². The van der Waals surface area contributed by atoms with Gasteiger partial charge in [0.1, 0.15) is 0 Å². The Kier molecular flexibility index (Phi) is 3.63. The maximum Gasteiger partial charge on any atom is 0.237 e. The summed E-state index contributed by atoms with van der Waals surface area (Å²) in [4.78, 5) is 16.6. The first-order valence-corrected chi connectivity index (χ1v) is 8.44.